The van der Waals surface area contributed by atoms with Crippen molar-refractivity contribution in [3.8, 4) is 0 Å². The number of piperidine rings is 1. The van der Waals surface area contributed by atoms with Gasteiger partial charge in [-0.15, -0.1) is 0 Å². The molecule has 1 aliphatic rings. The van der Waals surface area contributed by atoms with E-state index in [9.17, 15) is 0 Å². The summed E-state index contributed by atoms with van der Waals surface area (Å²) >= 11 is 0. The fraction of sp³-hybridized carbons (Fsp3) is 0.722. The second kappa shape index (κ2) is 8.50. The first-order chi connectivity index (χ1) is 10.2. The molecule has 21 heavy (non-hydrogen) atoms. The zero-order valence-corrected chi connectivity index (χ0v) is 13.9. The maximum absolute atomic E-state index is 4.64. The molecule has 0 amide bonds. The average molecular weight is 289 g/mol. The van der Waals surface area contributed by atoms with Crippen molar-refractivity contribution in [1.82, 2.24) is 15.2 Å². The Kier molecular flexibility index (Phi) is 6.65. The van der Waals surface area contributed by atoms with Crippen LogP contribution in [0, 0.1) is 11.8 Å². The van der Waals surface area contributed by atoms with Gasteiger partial charge in [0.25, 0.3) is 0 Å². The lowest BCUT2D eigenvalue weighted by Gasteiger charge is -2.31. The first-order valence-corrected chi connectivity index (χ1v) is 8.54. The van der Waals surface area contributed by atoms with E-state index in [-0.39, 0.29) is 0 Å². The first-order valence-electron chi connectivity index (χ1n) is 8.54. The summed E-state index contributed by atoms with van der Waals surface area (Å²) in [4.78, 5) is 7.21. The molecule has 0 aliphatic carbocycles. The van der Waals surface area contributed by atoms with Crippen LogP contribution in [-0.2, 0) is 13.1 Å². The molecule has 1 aromatic rings. The lowest BCUT2D eigenvalue weighted by Crippen LogP contribution is -2.34. The van der Waals surface area contributed by atoms with Crippen LogP contribution in [0.3, 0.4) is 0 Å². The predicted molar refractivity (Wildman–Crippen MR) is 89.1 cm³/mol. The van der Waals surface area contributed by atoms with Gasteiger partial charge in [-0.3, -0.25) is 9.88 Å². The Bertz CT molecular complexity index is 399. The number of hydrogen-bond acceptors (Lipinski definition) is 3. The van der Waals surface area contributed by atoms with Gasteiger partial charge in [0.05, 0.1) is 5.69 Å². The third-order valence-corrected chi connectivity index (χ3v) is 4.33. The van der Waals surface area contributed by atoms with Gasteiger partial charge in [-0.25, -0.2) is 0 Å². The van der Waals surface area contributed by atoms with Crippen molar-refractivity contribution in [1.29, 1.82) is 0 Å². The van der Waals surface area contributed by atoms with E-state index in [0.717, 1.165) is 25.6 Å². The van der Waals surface area contributed by atoms with Gasteiger partial charge < -0.3 is 5.32 Å². The zero-order valence-electron chi connectivity index (χ0n) is 13.9. The van der Waals surface area contributed by atoms with Crippen molar-refractivity contribution in [2.45, 2.75) is 53.1 Å². The Morgan fingerprint density at radius 2 is 2.24 bits per heavy atom. The number of rotatable bonds is 7. The molecule has 1 atom stereocenters. The highest BCUT2D eigenvalue weighted by atomic mass is 15.1. The molecule has 0 spiro atoms. The molecule has 2 heterocycles. The van der Waals surface area contributed by atoms with E-state index in [2.05, 4.69) is 48.1 Å². The topological polar surface area (TPSA) is 28.2 Å². The third kappa shape index (κ3) is 5.76. The normalized spacial score (nSPS) is 20.1. The van der Waals surface area contributed by atoms with Gasteiger partial charge in [-0.2, -0.15) is 0 Å². The highest BCUT2D eigenvalue weighted by molar-refractivity contribution is 5.14. The maximum atomic E-state index is 4.64. The van der Waals surface area contributed by atoms with E-state index < -0.39 is 0 Å². The first kappa shape index (κ1) is 16.4. The molecular formula is C18H31N3. The largest absolute Gasteiger partial charge is 0.312 e. The van der Waals surface area contributed by atoms with Crippen molar-refractivity contribution >= 4 is 0 Å². The van der Waals surface area contributed by atoms with Gasteiger partial charge in [0, 0.05) is 25.8 Å². The Hall–Kier alpha value is -0.930. The second-order valence-electron chi connectivity index (χ2n) is 6.83. The molecule has 1 aliphatic heterocycles. The molecular weight excluding hydrogens is 258 g/mol. The van der Waals surface area contributed by atoms with Crippen LogP contribution in [-0.4, -0.2) is 29.5 Å². The SMILES string of the molecule is CCC1CCCN(Cc2ccc(CNCC(C)C)cn2)C1. The van der Waals surface area contributed by atoms with Gasteiger partial charge >= 0.3 is 0 Å². The Balaban J connectivity index is 1.79. The molecule has 118 valence electrons. The minimum atomic E-state index is 0.697. The van der Waals surface area contributed by atoms with Gasteiger partial charge in [0.2, 0.25) is 0 Å². The molecule has 1 aromatic heterocycles. The van der Waals surface area contributed by atoms with E-state index in [1.165, 1.54) is 43.6 Å². The van der Waals surface area contributed by atoms with Crippen LogP contribution in [0.2, 0.25) is 0 Å². The minimum Gasteiger partial charge on any atom is -0.312 e. The standard InChI is InChI=1S/C18H31N3/c1-4-16-6-5-9-21(13-16)14-18-8-7-17(12-20-18)11-19-10-15(2)3/h7-8,12,15-16,19H,4-6,9-11,13-14H2,1-3H3. The fourth-order valence-corrected chi connectivity index (χ4v) is 3.02. The predicted octanol–water partition coefficient (Wildman–Crippen LogP) is 3.45. The Morgan fingerprint density at radius 3 is 2.90 bits per heavy atom. The lowest BCUT2D eigenvalue weighted by molar-refractivity contribution is 0.163. The van der Waals surface area contributed by atoms with Crippen LogP contribution >= 0.6 is 0 Å². The summed E-state index contributed by atoms with van der Waals surface area (Å²) in [5.41, 5.74) is 2.49. The molecule has 3 heteroatoms. The van der Waals surface area contributed by atoms with Crippen LogP contribution < -0.4 is 5.32 Å². The van der Waals surface area contributed by atoms with Crippen molar-refractivity contribution in [3.05, 3.63) is 29.6 Å². The third-order valence-electron chi connectivity index (χ3n) is 4.33. The zero-order chi connectivity index (χ0) is 15.1. The molecule has 1 saturated heterocycles. The molecule has 0 bridgehead atoms. The highest BCUT2D eigenvalue weighted by Crippen LogP contribution is 2.20. The summed E-state index contributed by atoms with van der Waals surface area (Å²) in [5, 5.41) is 3.46. The molecule has 0 radical (unpaired) electrons. The second-order valence-corrected chi connectivity index (χ2v) is 6.83. The highest BCUT2D eigenvalue weighted by Gasteiger charge is 2.18. The van der Waals surface area contributed by atoms with Crippen LogP contribution in [0.4, 0.5) is 0 Å². The van der Waals surface area contributed by atoms with Crippen molar-refractivity contribution in [2.75, 3.05) is 19.6 Å². The summed E-state index contributed by atoms with van der Waals surface area (Å²) in [5.74, 6) is 1.58. The number of pyridine rings is 1. The number of nitrogens with zero attached hydrogens (tertiary/aromatic N) is 2. The van der Waals surface area contributed by atoms with E-state index in [0.29, 0.717) is 5.92 Å². The molecule has 0 saturated carbocycles. The molecule has 3 nitrogen and oxygen atoms in total. The maximum Gasteiger partial charge on any atom is 0.0544 e. The monoisotopic (exact) mass is 289 g/mol. The Morgan fingerprint density at radius 1 is 1.38 bits per heavy atom. The Labute approximate surface area is 130 Å². The number of likely N-dealkylation sites (tertiary alicyclic amines) is 1. The summed E-state index contributed by atoms with van der Waals surface area (Å²) < 4.78 is 0. The number of aromatic nitrogens is 1. The van der Waals surface area contributed by atoms with Crippen molar-refractivity contribution in [3.63, 3.8) is 0 Å². The van der Waals surface area contributed by atoms with E-state index in [4.69, 9.17) is 0 Å². The summed E-state index contributed by atoms with van der Waals surface area (Å²) in [6, 6.07) is 4.42. The van der Waals surface area contributed by atoms with Crippen molar-refractivity contribution < 1.29 is 0 Å². The quantitative estimate of drug-likeness (QED) is 0.833. The van der Waals surface area contributed by atoms with E-state index in [1.54, 1.807) is 0 Å². The number of nitrogens with one attached hydrogen (secondary N) is 1. The van der Waals surface area contributed by atoms with Crippen molar-refractivity contribution in [2.24, 2.45) is 11.8 Å². The molecule has 1 fully saturated rings. The van der Waals surface area contributed by atoms with Crippen LogP contribution in [0.5, 0.6) is 0 Å². The fourth-order valence-electron chi connectivity index (χ4n) is 3.02. The smallest absolute Gasteiger partial charge is 0.0544 e. The summed E-state index contributed by atoms with van der Waals surface area (Å²) in [7, 11) is 0. The van der Waals surface area contributed by atoms with Gasteiger partial charge in [-0.05, 0) is 49.4 Å². The molecule has 2 rings (SSSR count). The van der Waals surface area contributed by atoms with Gasteiger partial charge in [0.1, 0.15) is 0 Å². The number of hydrogen-bond donors (Lipinski definition) is 1. The van der Waals surface area contributed by atoms with Crippen LogP contribution in [0.1, 0.15) is 51.3 Å². The van der Waals surface area contributed by atoms with Gasteiger partial charge in [0.15, 0.2) is 0 Å². The summed E-state index contributed by atoms with van der Waals surface area (Å²) in [6.45, 7) is 12.3. The average Bonchev–Trinajstić information content (AvgIpc) is 2.49. The molecule has 0 aromatic carbocycles. The minimum absolute atomic E-state index is 0.697. The molecule has 1 N–H and O–H groups in total. The summed E-state index contributed by atoms with van der Waals surface area (Å²) in [6.07, 6.45) is 6.09. The molecule has 1 unspecified atom stereocenters. The van der Waals surface area contributed by atoms with Gasteiger partial charge in [-0.1, -0.05) is 33.3 Å². The van der Waals surface area contributed by atoms with Crippen LogP contribution in [0.25, 0.3) is 0 Å². The van der Waals surface area contributed by atoms with E-state index >= 15 is 0 Å². The van der Waals surface area contributed by atoms with Crippen LogP contribution in [0.15, 0.2) is 18.3 Å². The lowest BCUT2D eigenvalue weighted by atomic mass is 9.95. The van der Waals surface area contributed by atoms with E-state index in [1.807, 2.05) is 6.20 Å².